The van der Waals surface area contributed by atoms with Gasteiger partial charge in [-0.05, 0) is 6.92 Å². The van der Waals surface area contributed by atoms with E-state index in [1.54, 1.807) is 6.92 Å². The van der Waals surface area contributed by atoms with Crippen LogP contribution in [0.3, 0.4) is 0 Å². The molecule has 0 heterocycles. The lowest BCUT2D eigenvalue weighted by Crippen LogP contribution is -2.35. The summed E-state index contributed by atoms with van der Waals surface area (Å²) in [7, 11) is 0. The summed E-state index contributed by atoms with van der Waals surface area (Å²) >= 11 is 0. The number of nitrogens with zero attached hydrogens (tertiary/aromatic N) is 1. The van der Waals surface area contributed by atoms with Crippen LogP contribution in [0.25, 0.3) is 0 Å². The maximum atomic E-state index is 10.3. The highest BCUT2D eigenvalue weighted by Crippen LogP contribution is 1.81. The molecule has 0 radical (unpaired) electrons. The summed E-state index contributed by atoms with van der Waals surface area (Å²) < 4.78 is 0. The van der Waals surface area contributed by atoms with Crippen molar-refractivity contribution >= 4 is 5.91 Å². The molecule has 0 spiro atoms. The molecule has 5 heteroatoms. The molecule has 0 fully saturated rings. The molecule has 0 aliphatic heterocycles. The van der Waals surface area contributed by atoms with E-state index in [0.29, 0.717) is 0 Å². The number of carbonyl (C=O) groups is 1. The number of hydrogen-bond donors (Lipinski definition) is 1. The fourth-order valence-corrected chi connectivity index (χ4v) is 0.616. The Kier molecular flexibility index (Phi) is 3.38. The van der Waals surface area contributed by atoms with E-state index in [9.17, 15) is 14.9 Å². The minimum Gasteiger partial charge on any atom is -0.347 e. The van der Waals surface area contributed by atoms with E-state index in [1.165, 1.54) is 6.92 Å². The Bertz CT molecular complexity index is 130. The Morgan fingerprint density at radius 2 is 2.30 bits per heavy atom. The lowest BCUT2D eigenvalue weighted by Gasteiger charge is -2.05. The van der Waals surface area contributed by atoms with E-state index in [0.717, 1.165) is 0 Å². The molecule has 0 saturated carbocycles. The molecule has 0 aliphatic carbocycles. The second-order valence-electron chi connectivity index (χ2n) is 2.12. The molecule has 58 valence electrons. The van der Waals surface area contributed by atoms with E-state index in [4.69, 9.17) is 0 Å². The van der Waals surface area contributed by atoms with Gasteiger partial charge in [0.2, 0.25) is 12.5 Å². The predicted octanol–water partition coefficient (Wildman–Crippen LogP) is -0.212. The van der Waals surface area contributed by atoms with Crippen molar-refractivity contribution in [1.29, 1.82) is 0 Å². The van der Waals surface area contributed by atoms with Crippen LogP contribution in [0.4, 0.5) is 0 Å². The molecule has 0 aromatic rings. The maximum absolute atomic E-state index is 10.3. The zero-order chi connectivity index (χ0) is 8.15. The van der Waals surface area contributed by atoms with Crippen molar-refractivity contribution in [3.8, 4) is 0 Å². The molecule has 0 aromatic heterocycles. The Balaban J connectivity index is 3.53. The fourth-order valence-electron chi connectivity index (χ4n) is 0.616. The van der Waals surface area contributed by atoms with Gasteiger partial charge in [0.1, 0.15) is 0 Å². The number of nitrogens with one attached hydrogen (secondary N) is 1. The van der Waals surface area contributed by atoms with Crippen molar-refractivity contribution in [2.75, 3.05) is 6.54 Å². The number of rotatable bonds is 3. The van der Waals surface area contributed by atoms with Crippen molar-refractivity contribution in [2.45, 2.75) is 19.9 Å². The zero-order valence-corrected chi connectivity index (χ0v) is 5.96. The van der Waals surface area contributed by atoms with Gasteiger partial charge in [-0.3, -0.25) is 14.9 Å². The number of amides is 1. The molecule has 1 unspecified atom stereocenters. The molecule has 0 saturated heterocycles. The Morgan fingerprint density at radius 3 is 2.60 bits per heavy atom. The van der Waals surface area contributed by atoms with Gasteiger partial charge in [0.15, 0.2) is 0 Å². The molecule has 1 N–H and O–H groups in total. The van der Waals surface area contributed by atoms with Crippen molar-refractivity contribution in [3.63, 3.8) is 0 Å². The lowest BCUT2D eigenvalue weighted by molar-refractivity contribution is -0.482. The van der Waals surface area contributed by atoms with Crippen molar-refractivity contribution in [2.24, 2.45) is 0 Å². The minimum absolute atomic E-state index is 0.223. The summed E-state index contributed by atoms with van der Waals surface area (Å²) in [6, 6.07) is -0.382. The monoisotopic (exact) mass is 146 g/mol. The molecule has 10 heavy (non-hydrogen) atoms. The average Bonchev–Trinajstić information content (AvgIpc) is 1.58. The van der Waals surface area contributed by atoms with Gasteiger partial charge >= 0.3 is 0 Å². The highest BCUT2D eigenvalue weighted by molar-refractivity contribution is 5.73. The Labute approximate surface area is 58.6 Å². The Hall–Kier alpha value is -1.13. The molecule has 5 nitrogen and oxygen atoms in total. The van der Waals surface area contributed by atoms with E-state index in [1.807, 2.05) is 0 Å². The van der Waals surface area contributed by atoms with Crippen LogP contribution >= 0.6 is 0 Å². The van der Waals surface area contributed by atoms with Crippen LogP contribution in [0.5, 0.6) is 0 Å². The van der Waals surface area contributed by atoms with Crippen LogP contribution < -0.4 is 5.32 Å². The summed E-state index contributed by atoms with van der Waals surface area (Å²) in [5, 5.41) is 12.2. The van der Waals surface area contributed by atoms with Crippen LogP contribution in [-0.2, 0) is 4.79 Å². The van der Waals surface area contributed by atoms with Gasteiger partial charge in [0, 0.05) is 11.8 Å². The van der Waals surface area contributed by atoms with Crippen LogP contribution in [0.1, 0.15) is 13.8 Å². The van der Waals surface area contributed by atoms with E-state index in [-0.39, 0.29) is 18.5 Å². The van der Waals surface area contributed by atoms with Crippen molar-refractivity contribution in [3.05, 3.63) is 10.1 Å². The second-order valence-corrected chi connectivity index (χ2v) is 2.12. The minimum atomic E-state index is -0.458. The topological polar surface area (TPSA) is 72.2 Å². The SMILES string of the molecule is CC(=O)NC(C)C[N+](=O)[O-]. The average molecular weight is 146 g/mol. The third-order valence-corrected chi connectivity index (χ3v) is 0.873. The van der Waals surface area contributed by atoms with E-state index < -0.39 is 4.92 Å². The normalized spacial score (nSPS) is 12.2. The number of carbonyl (C=O) groups excluding carboxylic acids is 1. The number of hydrogen-bond acceptors (Lipinski definition) is 3. The van der Waals surface area contributed by atoms with Gasteiger partial charge in [-0.1, -0.05) is 0 Å². The van der Waals surface area contributed by atoms with Crippen molar-refractivity contribution < 1.29 is 9.72 Å². The van der Waals surface area contributed by atoms with Crippen LogP contribution in [0, 0.1) is 10.1 Å². The van der Waals surface area contributed by atoms with Crippen LogP contribution in [-0.4, -0.2) is 23.4 Å². The standard InChI is InChI=1S/C5H10N2O3/c1-4(3-7(9)10)6-5(2)8/h4H,3H2,1-2H3,(H,6,8). The second kappa shape index (κ2) is 3.81. The summed E-state index contributed by atoms with van der Waals surface area (Å²) in [6.07, 6.45) is 0. The van der Waals surface area contributed by atoms with Gasteiger partial charge in [-0.25, -0.2) is 0 Å². The maximum Gasteiger partial charge on any atom is 0.223 e. The molecule has 1 atom stereocenters. The highest BCUT2D eigenvalue weighted by Gasteiger charge is 2.08. The third kappa shape index (κ3) is 5.02. The molecular formula is C5H10N2O3. The van der Waals surface area contributed by atoms with E-state index in [2.05, 4.69) is 5.32 Å². The van der Waals surface area contributed by atoms with Gasteiger partial charge in [-0.15, -0.1) is 0 Å². The zero-order valence-electron chi connectivity index (χ0n) is 5.96. The van der Waals surface area contributed by atoms with Gasteiger partial charge in [-0.2, -0.15) is 0 Å². The van der Waals surface area contributed by atoms with Crippen molar-refractivity contribution in [1.82, 2.24) is 5.32 Å². The summed E-state index contributed by atoms with van der Waals surface area (Å²) in [5.41, 5.74) is 0. The first-order chi connectivity index (χ1) is 4.52. The summed E-state index contributed by atoms with van der Waals surface area (Å²) in [5.74, 6) is -0.241. The highest BCUT2D eigenvalue weighted by atomic mass is 16.6. The smallest absolute Gasteiger partial charge is 0.223 e. The summed E-state index contributed by atoms with van der Waals surface area (Å²) in [4.78, 5) is 19.7. The van der Waals surface area contributed by atoms with E-state index >= 15 is 0 Å². The predicted molar refractivity (Wildman–Crippen MR) is 35.1 cm³/mol. The Morgan fingerprint density at radius 1 is 1.80 bits per heavy atom. The third-order valence-electron chi connectivity index (χ3n) is 0.873. The van der Waals surface area contributed by atoms with Gasteiger partial charge < -0.3 is 5.32 Å². The molecule has 1 amide bonds. The molecule has 0 bridgehead atoms. The summed E-state index contributed by atoms with van der Waals surface area (Å²) in [6.45, 7) is 2.69. The van der Waals surface area contributed by atoms with Gasteiger partial charge in [0.25, 0.3) is 0 Å². The molecule has 0 aromatic carbocycles. The fraction of sp³-hybridized carbons (Fsp3) is 0.800. The lowest BCUT2D eigenvalue weighted by atomic mass is 10.3. The first-order valence-electron chi connectivity index (χ1n) is 2.91. The van der Waals surface area contributed by atoms with Crippen LogP contribution in [0.2, 0.25) is 0 Å². The van der Waals surface area contributed by atoms with Gasteiger partial charge in [0.05, 0.1) is 6.04 Å². The van der Waals surface area contributed by atoms with Crippen LogP contribution in [0.15, 0.2) is 0 Å². The molecule has 0 rings (SSSR count). The molecule has 0 aliphatic rings. The largest absolute Gasteiger partial charge is 0.347 e. The first-order valence-corrected chi connectivity index (χ1v) is 2.91. The first kappa shape index (κ1) is 8.87. The molecular weight excluding hydrogens is 136 g/mol. The number of nitro groups is 1. The quantitative estimate of drug-likeness (QED) is 0.442.